The maximum Gasteiger partial charge on any atom is 0.320 e. The first-order valence-corrected chi connectivity index (χ1v) is 16.6. The molecule has 4 aliphatic heterocycles. The number of alkyl halides is 1. The number of aromatic nitrogens is 2. The number of nitrogens with one attached hydrogen (secondary N) is 1. The molecule has 0 amide bonds. The van der Waals surface area contributed by atoms with Crippen LogP contribution in [0.5, 0.6) is 6.01 Å². The molecule has 5 fully saturated rings. The van der Waals surface area contributed by atoms with Gasteiger partial charge in [0.15, 0.2) is 11.6 Å². The molecular weight excluding hydrogens is 581 g/mol. The van der Waals surface area contributed by atoms with Crippen LogP contribution in [-0.4, -0.2) is 98.8 Å². The number of fused-ring (bicyclic) bond motifs is 4. The van der Waals surface area contributed by atoms with Crippen molar-refractivity contribution in [2.24, 2.45) is 5.41 Å². The molecule has 44 heavy (non-hydrogen) atoms. The Bertz CT molecular complexity index is 1550. The molecule has 6 aliphatic rings. The largest absolute Gasteiger partial charge is 0.463 e. The van der Waals surface area contributed by atoms with Gasteiger partial charge < -0.3 is 30.3 Å². The van der Waals surface area contributed by atoms with Crippen molar-refractivity contribution in [2.45, 2.75) is 68.3 Å². The van der Waals surface area contributed by atoms with Crippen molar-refractivity contribution >= 4 is 28.0 Å². The topological polar surface area (TPSA) is 140 Å². The van der Waals surface area contributed by atoms with E-state index in [2.05, 4.69) is 32.2 Å². The third-order valence-electron chi connectivity index (χ3n) is 10.8. The maximum atomic E-state index is 14.4. The molecule has 1 saturated carbocycles. The zero-order valence-electron chi connectivity index (χ0n) is 25.0. The third kappa shape index (κ3) is 4.59. The van der Waals surface area contributed by atoms with E-state index < -0.39 is 6.17 Å². The Kier molecular flexibility index (Phi) is 6.69. The molecule has 1 spiro atoms. The molecule has 0 radical (unpaired) electrons. The second kappa shape index (κ2) is 10.4. The number of rotatable bonds is 8. The van der Waals surface area contributed by atoms with Crippen LogP contribution in [0, 0.1) is 28.1 Å². The SMILES string of the molecule is CO[C@H]1CN(CC2(COc3nc(N4C[C@H]5CC[C@@H](C4)N5)c(C#N)c(N4CC5(CCc6sc(N)c(C#N)c65)C4)n3)CC2)C[C@@H]1F. The zero-order chi connectivity index (χ0) is 30.2. The number of piperazine rings is 1. The van der Waals surface area contributed by atoms with E-state index in [4.69, 9.17) is 25.2 Å². The molecular formula is C31H38FN9O2S. The standard InChI is InChI=1S/C31H38FN9O2S/c1-42-23-13-39(12-22(23)32)14-30(6-7-30)17-43-29-37-27(40-10-18-2-3-19(11-40)36-18)21(9-34)28(38-29)41-15-31(16-41)5-4-24-25(31)20(8-33)26(35)44-24/h18-19,22-23,36H,2-7,10-17,35H2,1H3/t18-,19+,22-,23-/m0/s1. The van der Waals surface area contributed by atoms with Gasteiger partial charge >= 0.3 is 6.01 Å². The Morgan fingerprint density at radius 1 is 1.02 bits per heavy atom. The van der Waals surface area contributed by atoms with Crippen LogP contribution in [0.15, 0.2) is 0 Å². The van der Waals surface area contributed by atoms with Crippen molar-refractivity contribution in [3.8, 4) is 18.1 Å². The highest BCUT2D eigenvalue weighted by Crippen LogP contribution is 2.53. The molecule has 13 heteroatoms. The van der Waals surface area contributed by atoms with Gasteiger partial charge in [-0.15, -0.1) is 11.3 Å². The molecule has 2 aliphatic carbocycles. The minimum atomic E-state index is -0.969. The molecule has 2 aromatic heterocycles. The van der Waals surface area contributed by atoms with Crippen LogP contribution in [0.2, 0.25) is 0 Å². The summed E-state index contributed by atoms with van der Waals surface area (Å²) in [6.07, 6.45) is 4.80. The average molecular weight is 620 g/mol. The van der Waals surface area contributed by atoms with Crippen LogP contribution < -0.4 is 25.6 Å². The van der Waals surface area contributed by atoms with Crippen LogP contribution >= 0.6 is 11.3 Å². The Balaban J connectivity index is 1.07. The first-order chi connectivity index (χ1) is 21.3. The van der Waals surface area contributed by atoms with Crippen LogP contribution in [-0.2, 0) is 16.6 Å². The van der Waals surface area contributed by atoms with Gasteiger partial charge in [-0.3, -0.25) is 4.90 Å². The van der Waals surface area contributed by atoms with E-state index in [1.54, 1.807) is 7.11 Å². The molecule has 2 bridgehead atoms. The Hall–Kier alpha value is -3.23. The van der Waals surface area contributed by atoms with Crippen molar-refractivity contribution in [3.05, 3.63) is 21.6 Å². The fourth-order valence-electron chi connectivity index (χ4n) is 8.36. The number of hydrogen-bond acceptors (Lipinski definition) is 12. The van der Waals surface area contributed by atoms with E-state index in [1.165, 1.54) is 16.2 Å². The fraction of sp³-hybridized carbons (Fsp3) is 0.677. The van der Waals surface area contributed by atoms with Gasteiger partial charge in [-0.1, -0.05) is 0 Å². The number of halogens is 1. The monoisotopic (exact) mass is 619 g/mol. The lowest BCUT2D eigenvalue weighted by Gasteiger charge is -2.49. The molecule has 4 atom stereocenters. The maximum absolute atomic E-state index is 14.4. The number of aryl methyl sites for hydroxylation is 1. The quantitative estimate of drug-likeness (QED) is 0.450. The smallest absolute Gasteiger partial charge is 0.320 e. The first kappa shape index (κ1) is 28.3. The summed E-state index contributed by atoms with van der Waals surface area (Å²) in [6, 6.07) is 5.85. The molecule has 0 aromatic carbocycles. The van der Waals surface area contributed by atoms with Gasteiger partial charge in [-0.05, 0) is 44.1 Å². The highest BCUT2D eigenvalue weighted by molar-refractivity contribution is 7.16. The minimum absolute atomic E-state index is 0.0538. The average Bonchev–Trinajstić information content (AvgIpc) is 3.21. The predicted octanol–water partition coefficient (Wildman–Crippen LogP) is 2.34. The van der Waals surface area contributed by atoms with Gasteiger partial charge in [0.25, 0.3) is 0 Å². The number of nitriles is 2. The molecule has 0 unspecified atom stereocenters. The van der Waals surface area contributed by atoms with E-state index in [1.807, 2.05) is 0 Å². The van der Waals surface area contributed by atoms with Gasteiger partial charge in [0.1, 0.15) is 35.0 Å². The van der Waals surface area contributed by atoms with Gasteiger partial charge in [-0.25, -0.2) is 4.39 Å². The van der Waals surface area contributed by atoms with Crippen LogP contribution in [0.1, 0.15) is 53.7 Å². The number of nitrogens with zero attached hydrogens (tertiary/aromatic N) is 7. The number of ether oxygens (including phenoxy) is 2. The van der Waals surface area contributed by atoms with Gasteiger partial charge in [0.2, 0.25) is 0 Å². The number of methoxy groups -OCH3 is 1. The van der Waals surface area contributed by atoms with Crippen molar-refractivity contribution in [1.82, 2.24) is 20.2 Å². The van der Waals surface area contributed by atoms with Crippen molar-refractivity contribution in [3.63, 3.8) is 0 Å². The second-order valence-corrected chi connectivity index (χ2v) is 15.0. The van der Waals surface area contributed by atoms with Crippen LogP contribution in [0.25, 0.3) is 0 Å². The number of hydrogen-bond donors (Lipinski definition) is 2. The predicted molar refractivity (Wildman–Crippen MR) is 164 cm³/mol. The first-order valence-electron chi connectivity index (χ1n) is 15.7. The lowest BCUT2D eigenvalue weighted by Crippen LogP contribution is -2.59. The van der Waals surface area contributed by atoms with E-state index in [9.17, 15) is 14.9 Å². The molecule has 8 rings (SSSR count). The summed E-state index contributed by atoms with van der Waals surface area (Å²) in [6.45, 7) is 5.10. The number of anilines is 3. The highest BCUT2D eigenvalue weighted by Gasteiger charge is 2.53. The Morgan fingerprint density at radius 3 is 2.36 bits per heavy atom. The normalized spacial score (nSPS) is 29.4. The van der Waals surface area contributed by atoms with Gasteiger partial charge in [-0.2, -0.15) is 20.5 Å². The Morgan fingerprint density at radius 2 is 1.73 bits per heavy atom. The van der Waals surface area contributed by atoms with E-state index >= 15 is 0 Å². The molecule has 6 heterocycles. The van der Waals surface area contributed by atoms with Gasteiger partial charge in [0, 0.05) is 80.7 Å². The van der Waals surface area contributed by atoms with Gasteiger partial charge in [0.05, 0.1) is 12.2 Å². The molecule has 2 aromatic rings. The summed E-state index contributed by atoms with van der Waals surface area (Å²) in [5.74, 6) is 1.25. The summed E-state index contributed by atoms with van der Waals surface area (Å²) in [5.41, 5.74) is 8.21. The number of likely N-dealkylation sites (tertiary alicyclic amines) is 1. The summed E-state index contributed by atoms with van der Waals surface area (Å²) in [5, 5.41) is 24.6. The minimum Gasteiger partial charge on any atom is -0.463 e. The summed E-state index contributed by atoms with van der Waals surface area (Å²) in [7, 11) is 1.57. The summed E-state index contributed by atoms with van der Waals surface area (Å²) < 4.78 is 26.1. The molecule has 4 saturated heterocycles. The van der Waals surface area contributed by atoms with E-state index in [0.717, 1.165) is 63.7 Å². The van der Waals surface area contributed by atoms with E-state index in [0.29, 0.717) is 72.6 Å². The number of nitrogen functional groups attached to an aromatic ring is 1. The van der Waals surface area contributed by atoms with E-state index in [-0.39, 0.29) is 22.9 Å². The third-order valence-corrected chi connectivity index (χ3v) is 11.9. The van der Waals surface area contributed by atoms with Crippen molar-refractivity contribution < 1.29 is 13.9 Å². The molecule has 232 valence electrons. The van der Waals surface area contributed by atoms with Crippen molar-refractivity contribution in [2.75, 3.05) is 75.1 Å². The number of thiophene rings is 1. The molecule has 3 N–H and O–H groups in total. The van der Waals surface area contributed by atoms with Crippen LogP contribution in [0.4, 0.5) is 21.0 Å². The zero-order valence-corrected chi connectivity index (χ0v) is 25.8. The second-order valence-electron chi connectivity index (χ2n) is 13.8. The lowest BCUT2D eigenvalue weighted by atomic mass is 9.74. The Labute approximate surface area is 260 Å². The molecule has 11 nitrogen and oxygen atoms in total. The number of nitrogens with two attached hydrogens (primary N) is 1. The lowest BCUT2D eigenvalue weighted by molar-refractivity contribution is 0.0612. The van der Waals surface area contributed by atoms with Crippen LogP contribution in [0.3, 0.4) is 0 Å². The fourth-order valence-corrected chi connectivity index (χ4v) is 9.50. The summed E-state index contributed by atoms with van der Waals surface area (Å²) >= 11 is 1.54. The summed E-state index contributed by atoms with van der Waals surface area (Å²) in [4.78, 5) is 17.5. The highest BCUT2D eigenvalue weighted by atomic mass is 32.1. The van der Waals surface area contributed by atoms with Crippen molar-refractivity contribution in [1.29, 1.82) is 10.5 Å².